The summed E-state index contributed by atoms with van der Waals surface area (Å²) in [6.45, 7) is 4.08. The number of hydrogen-bond donors (Lipinski definition) is 1. The van der Waals surface area contributed by atoms with Gasteiger partial charge in [-0.3, -0.25) is 0 Å². The summed E-state index contributed by atoms with van der Waals surface area (Å²) in [7, 11) is 0. The number of rotatable bonds is 4. The van der Waals surface area contributed by atoms with E-state index in [-0.39, 0.29) is 6.10 Å². The lowest BCUT2D eigenvalue weighted by molar-refractivity contribution is 0.242. The fourth-order valence-electron chi connectivity index (χ4n) is 3.72. The number of aromatic amines is 1. The predicted octanol–water partition coefficient (Wildman–Crippen LogP) is 6.57. The molecule has 0 amide bonds. The van der Waals surface area contributed by atoms with Crippen molar-refractivity contribution in [2.45, 2.75) is 20.0 Å². The van der Waals surface area contributed by atoms with E-state index in [9.17, 15) is 0 Å². The lowest BCUT2D eigenvalue weighted by Gasteiger charge is -2.11. The molecule has 5 aromatic rings. The Kier molecular flexibility index (Phi) is 3.94. The van der Waals surface area contributed by atoms with Gasteiger partial charge in [-0.15, -0.1) is 0 Å². The largest absolute Gasteiger partial charge is 0.491 e. The monoisotopic (exact) mass is 366 g/mol. The number of H-pyrrole nitrogens is 1. The molecule has 5 rings (SSSR count). The van der Waals surface area contributed by atoms with Crippen molar-refractivity contribution >= 4 is 21.8 Å². The van der Waals surface area contributed by atoms with Crippen molar-refractivity contribution in [1.82, 2.24) is 9.55 Å². The molecule has 0 spiro atoms. The molecule has 0 aliphatic heterocycles. The zero-order valence-corrected chi connectivity index (χ0v) is 16.0. The maximum Gasteiger partial charge on any atom is 0.119 e. The van der Waals surface area contributed by atoms with Crippen LogP contribution in [0.2, 0.25) is 0 Å². The summed E-state index contributed by atoms with van der Waals surface area (Å²) in [5.74, 6) is 0.899. The maximum absolute atomic E-state index is 5.77. The zero-order chi connectivity index (χ0) is 19.1. The SMILES string of the molecule is CC(C)Oc1ccc(-n2ccc3ccc(-c4ccc5[nH]ccc5c4)cc32)cc1. The highest BCUT2D eigenvalue weighted by Gasteiger charge is 2.07. The molecule has 138 valence electrons. The molecule has 0 atom stereocenters. The Labute approximate surface area is 164 Å². The van der Waals surface area contributed by atoms with Crippen molar-refractivity contribution in [2.75, 3.05) is 0 Å². The summed E-state index contributed by atoms with van der Waals surface area (Å²) in [6, 6.07) is 25.8. The molecule has 0 saturated heterocycles. The molecular weight excluding hydrogens is 344 g/mol. The number of ether oxygens (including phenoxy) is 1. The molecule has 0 fully saturated rings. The van der Waals surface area contributed by atoms with Gasteiger partial charge in [0.1, 0.15) is 5.75 Å². The zero-order valence-electron chi connectivity index (χ0n) is 16.0. The first-order valence-electron chi connectivity index (χ1n) is 9.63. The van der Waals surface area contributed by atoms with Gasteiger partial charge in [0, 0.05) is 23.6 Å². The Morgan fingerprint density at radius 3 is 2.39 bits per heavy atom. The van der Waals surface area contributed by atoms with E-state index in [0.29, 0.717) is 0 Å². The van der Waals surface area contributed by atoms with Crippen LogP contribution in [0.4, 0.5) is 0 Å². The number of fused-ring (bicyclic) bond motifs is 2. The van der Waals surface area contributed by atoms with E-state index >= 15 is 0 Å². The third kappa shape index (κ3) is 2.95. The van der Waals surface area contributed by atoms with E-state index in [1.807, 2.05) is 32.2 Å². The van der Waals surface area contributed by atoms with Gasteiger partial charge < -0.3 is 14.3 Å². The number of benzene rings is 3. The minimum absolute atomic E-state index is 0.179. The third-order valence-electron chi connectivity index (χ3n) is 5.07. The Morgan fingerprint density at radius 1 is 0.786 bits per heavy atom. The highest BCUT2D eigenvalue weighted by molar-refractivity contribution is 5.90. The Bertz CT molecular complexity index is 1260. The number of aromatic nitrogens is 2. The van der Waals surface area contributed by atoms with E-state index in [2.05, 4.69) is 76.4 Å². The Hall–Kier alpha value is -3.46. The molecule has 0 bridgehead atoms. The molecule has 1 N–H and O–H groups in total. The molecular formula is C25H22N2O. The number of hydrogen-bond acceptors (Lipinski definition) is 1. The van der Waals surface area contributed by atoms with Gasteiger partial charge in [-0.1, -0.05) is 18.2 Å². The summed E-state index contributed by atoms with van der Waals surface area (Å²) < 4.78 is 8.00. The van der Waals surface area contributed by atoms with Gasteiger partial charge in [0.05, 0.1) is 11.6 Å². The van der Waals surface area contributed by atoms with Crippen molar-refractivity contribution in [1.29, 1.82) is 0 Å². The minimum Gasteiger partial charge on any atom is -0.491 e. The van der Waals surface area contributed by atoms with Gasteiger partial charge in [0.25, 0.3) is 0 Å². The second-order valence-corrected chi connectivity index (χ2v) is 7.40. The molecule has 0 saturated carbocycles. The van der Waals surface area contributed by atoms with Crippen LogP contribution in [0.15, 0.2) is 85.2 Å². The smallest absolute Gasteiger partial charge is 0.119 e. The first kappa shape index (κ1) is 16.7. The predicted molar refractivity (Wildman–Crippen MR) is 116 cm³/mol. The topological polar surface area (TPSA) is 29.9 Å². The maximum atomic E-state index is 5.77. The highest BCUT2D eigenvalue weighted by Crippen LogP contribution is 2.29. The number of nitrogens with zero attached hydrogens (tertiary/aromatic N) is 1. The molecule has 2 heterocycles. The fraction of sp³-hybridized carbons (Fsp3) is 0.120. The van der Waals surface area contributed by atoms with E-state index in [4.69, 9.17) is 4.74 Å². The van der Waals surface area contributed by atoms with Gasteiger partial charge in [-0.25, -0.2) is 0 Å². The summed E-state index contributed by atoms with van der Waals surface area (Å²) in [6.07, 6.45) is 4.29. The van der Waals surface area contributed by atoms with Gasteiger partial charge in [-0.05, 0) is 90.3 Å². The molecule has 3 aromatic carbocycles. The van der Waals surface area contributed by atoms with E-state index in [0.717, 1.165) is 17.0 Å². The van der Waals surface area contributed by atoms with Crippen LogP contribution in [0, 0.1) is 0 Å². The molecule has 2 aromatic heterocycles. The van der Waals surface area contributed by atoms with Crippen LogP contribution in [0.3, 0.4) is 0 Å². The van der Waals surface area contributed by atoms with Gasteiger partial charge in [0.15, 0.2) is 0 Å². The van der Waals surface area contributed by atoms with Crippen molar-refractivity contribution in [3.8, 4) is 22.6 Å². The van der Waals surface area contributed by atoms with E-state index < -0.39 is 0 Å². The molecule has 28 heavy (non-hydrogen) atoms. The quantitative estimate of drug-likeness (QED) is 0.383. The Balaban J connectivity index is 1.56. The van der Waals surface area contributed by atoms with Crippen LogP contribution in [0.25, 0.3) is 38.6 Å². The highest BCUT2D eigenvalue weighted by atomic mass is 16.5. The first-order valence-corrected chi connectivity index (χ1v) is 9.63. The van der Waals surface area contributed by atoms with Crippen LogP contribution in [0.1, 0.15) is 13.8 Å². The van der Waals surface area contributed by atoms with Crippen molar-refractivity contribution in [2.24, 2.45) is 0 Å². The molecule has 0 aliphatic rings. The lowest BCUT2D eigenvalue weighted by Crippen LogP contribution is -2.05. The Morgan fingerprint density at radius 2 is 1.57 bits per heavy atom. The molecule has 0 unspecified atom stereocenters. The summed E-state index contributed by atoms with van der Waals surface area (Å²) in [5, 5.41) is 2.46. The molecule has 3 nitrogen and oxygen atoms in total. The second kappa shape index (κ2) is 6.61. The van der Waals surface area contributed by atoms with Crippen molar-refractivity contribution in [3.05, 3.63) is 85.2 Å². The summed E-state index contributed by atoms with van der Waals surface area (Å²) in [5.41, 5.74) is 5.93. The third-order valence-corrected chi connectivity index (χ3v) is 5.07. The number of nitrogens with one attached hydrogen (secondary N) is 1. The van der Waals surface area contributed by atoms with Crippen LogP contribution in [0.5, 0.6) is 5.75 Å². The van der Waals surface area contributed by atoms with E-state index in [1.165, 1.54) is 27.4 Å². The van der Waals surface area contributed by atoms with Crippen molar-refractivity contribution in [3.63, 3.8) is 0 Å². The van der Waals surface area contributed by atoms with Crippen LogP contribution in [-0.2, 0) is 0 Å². The molecule has 3 heteroatoms. The standard InChI is InChI=1S/C25H22N2O/c1-17(2)28-23-8-6-22(7-9-23)27-14-12-18-3-4-20(16-25(18)27)19-5-10-24-21(15-19)11-13-26-24/h3-17,26H,1-2H3. The van der Waals surface area contributed by atoms with Crippen LogP contribution >= 0.6 is 0 Å². The van der Waals surface area contributed by atoms with Crippen LogP contribution in [-0.4, -0.2) is 15.7 Å². The summed E-state index contributed by atoms with van der Waals surface area (Å²) >= 11 is 0. The second-order valence-electron chi connectivity index (χ2n) is 7.40. The minimum atomic E-state index is 0.179. The van der Waals surface area contributed by atoms with Gasteiger partial charge in [0.2, 0.25) is 0 Å². The lowest BCUT2D eigenvalue weighted by atomic mass is 10.0. The van der Waals surface area contributed by atoms with Crippen molar-refractivity contribution < 1.29 is 4.74 Å². The average molecular weight is 366 g/mol. The summed E-state index contributed by atoms with van der Waals surface area (Å²) in [4.78, 5) is 3.26. The fourth-order valence-corrected chi connectivity index (χ4v) is 3.72. The normalized spacial score (nSPS) is 11.5. The molecule has 0 radical (unpaired) electrons. The van der Waals surface area contributed by atoms with Gasteiger partial charge >= 0.3 is 0 Å². The molecule has 0 aliphatic carbocycles. The van der Waals surface area contributed by atoms with Crippen LogP contribution < -0.4 is 4.74 Å². The van der Waals surface area contributed by atoms with Gasteiger partial charge in [-0.2, -0.15) is 0 Å². The first-order chi connectivity index (χ1) is 13.7. The average Bonchev–Trinajstić information content (AvgIpc) is 3.34. The van der Waals surface area contributed by atoms with E-state index in [1.54, 1.807) is 0 Å².